The van der Waals surface area contributed by atoms with Crippen molar-refractivity contribution in [2.75, 3.05) is 13.1 Å². The molecule has 1 aromatic heterocycles. The van der Waals surface area contributed by atoms with Crippen LogP contribution in [0.4, 0.5) is 4.79 Å². The fourth-order valence-electron chi connectivity index (χ4n) is 2.33. The van der Waals surface area contributed by atoms with E-state index in [1.807, 2.05) is 32.5 Å². The normalized spacial score (nSPS) is 20.6. The first-order valence-corrected chi connectivity index (χ1v) is 7.89. The lowest BCUT2D eigenvalue weighted by Crippen LogP contribution is -2.48. The Morgan fingerprint density at radius 1 is 1.60 bits per heavy atom. The summed E-state index contributed by atoms with van der Waals surface area (Å²) < 4.78 is 5.31. The number of ether oxygens (including phenoxy) is 1. The van der Waals surface area contributed by atoms with Gasteiger partial charge in [-0.25, -0.2) is 4.79 Å². The number of amides is 1. The van der Waals surface area contributed by atoms with E-state index in [1.54, 1.807) is 11.3 Å². The van der Waals surface area contributed by atoms with Gasteiger partial charge in [-0.3, -0.25) is 9.88 Å². The highest BCUT2D eigenvalue weighted by atomic mass is 32.1. The van der Waals surface area contributed by atoms with Gasteiger partial charge in [0.1, 0.15) is 5.60 Å². The Hall–Kier alpha value is -1.14. The lowest BCUT2D eigenvalue weighted by molar-refractivity contribution is 0.0470. The molecule has 1 atom stereocenters. The molecule has 1 aliphatic heterocycles. The van der Waals surface area contributed by atoms with E-state index in [0.717, 1.165) is 32.5 Å². The fourth-order valence-corrected chi connectivity index (χ4v) is 2.97. The molecule has 1 aliphatic rings. The number of likely N-dealkylation sites (tertiary alicyclic amines) is 1. The van der Waals surface area contributed by atoms with Crippen LogP contribution in [0.25, 0.3) is 0 Å². The van der Waals surface area contributed by atoms with Crippen LogP contribution in [0.3, 0.4) is 0 Å². The van der Waals surface area contributed by atoms with Gasteiger partial charge in [0.15, 0.2) is 0 Å². The van der Waals surface area contributed by atoms with Crippen LogP contribution in [0.5, 0.6) is 0 Å². The van der Waals surface area contributed by atoms with Gasteiger partial charge in [0, 0.05) is 30.2 Å². The molecule has 0 aromatic carbocycles. The van der Waals surface area contributed by atoms with Gasteiger partial charge in [0.25, 0.3) is 0 Å². The minimum atomic E-state index is -0.443. The number of nitrogens with zero attached hydrogens (tertiary/aromatic N) is 2. The topological polar surface area (TPSA) is 54.5 Å². The van der Waals surface area contributed by atoms with Gasteiger partial charge in [-0.05, 0) is 40.2 Å². The highest BCUT2D eigenvalue weighted by Crippen LogP contribution is 2.16. The van der Waals surface area contributed by atoms with Gasteiger partial charge in [0.2, 0.25) is 0 Å². The summed E-state index contributed by atoms with van der Waals surface area (Å²) in [6.07, 6.45) is 3.70. The van der Waals surface area contributed by atoms with Crippen molar-refractivity contribution in [3.8, 4) is 0 Å². The second-order valence-corrected chi connectivity index (χ2v) is 7.16. The molecule has 5 nitrogen and oxygen atoms in total. The van der Waals surface area contributed by atoms with Crippen LogP contribution in [0.1, 0.15) is 38.5 Å². The average Bonchev–Trinajstić information content (AvgIpc) is 2.79. The Bertz CT molecular complexity index is 428. The van der Waals surface area contributed by atoms with Crippen LogP contribution in [0.15, 0.2) is 11.7 Å². The second-order valence-electron chi connectivity index (χ2n) is 6.19. The molecule has 1 aromatic rings. The third-order valence-corrected chi connectivity index (χ3v) is 3.85. The van der Waals surface area contributed by atoms with Crippen LogP contribution < -0.4 is 5.32 Å². The van der Waals surface area contributed by atoms with Crippen molar-refractivity contribution >= 4 is 17.4 Å². The summed E-state index contributed by atoms with van der Waals surface area (Å²) in [7, 11) is 0. The van der Waals surface area contributed by atoms with Crippen LogP contribution in [-0.4, -0.2) is 40.7 Å². The molecule has 1 amide bonds. The summed E-state index contributed by atoms with van der Waals surface area (Å²) >= 11 is 1.67. The van der Waals surface area contributed by atoms with E-state index in [0.29, 0.717) is 0 Å². The van der Waals surface area contributed by atoms with Crippen molar-refractivity contribution in [1.82, 2.24) is 15.2 Å². The number of alkyl carbamates (subject to hydrolysis) is 1. The Morgan fingerprint density at radius 2 is 2.40 bits per heavy atom. The van der Waals surface area contributed by atoms with Crippen molar-refractivity contribution in [3.05, 3.63) is 16.6 Å². The van der Waals surface area contributed by atoms with Crippen molar-refractivity contribution in [2.45, 2.75) is 51.8 Å². The first kappa shape index (κ1) is 15.3. The molecule has 1 N–H and O–H groups in total. The molecule has 0 saturated carbocycles. The molecule has 0 bridgehead atoms. The highest BCUT2D eigenvalue weighted by molar-refractivity contribution is 7.09. The molecule has 1 fully saturated rings. The quantitative estimate of drug-likeness (QED) is 0.932. The van der Waals surface area contributed by atoms with Gasteiger partial charge in [-0.2, -0.15) is 0 Å². The Labute approximate surface area is 124 Å². The summed E-state index contributed by atoms with van der Waals surface area (Å²) in [6.45, 7) is 8.50. The number of hydrogen-bond donors (Lipinski definition) is 1. The molecule has 112 valence electrons. The first-order chi connectivity index (χ1) is 9.42. The molecule has 20 heavy (non-hydrogen) atoms. The smallest absolute Gasteiger partial charge is 0.407 e. The second kappa shape index (κ2) is 6.54. The summed E-state index contributed by atoms with van der Waals surface area (Å²) in [5, 5.41) is 2.97. The van der Waals surface area contributed by atoms with E-state index in [-0.39, 0.29) is 12.1 Å². The first-order valence-electron chi connectivity index (χ1n) is 7.01. The molecule has 0 unspecified atom stereocenters. The zero-order valence-electron chi connectivity index (χ0n) is 12.4. The van der Waals surface area contributed by atoms with E-state index < -0.39 is 5.60 Å². The van der Waals surface area contributed by atoms with E-state index in [9.17, 15) is 4.79 Å². The fraction of sp³-hybridized carbons (Fsp3) is 0.714. The minimum Gasteiger partial charge on any atom is -0.444 e. The zero-order chi connectivity index (χ0) is 14.6. The van der Waals surface area contributed by atoms with Crippen molar-refractivity contribution in [2.24, 2.45) is 0 Å². The maximum atomic E-state index is 11.8. The van der Waals surface area contributed by atoms with Gasteiger partial charge >= 0.3 is 6.09 Å². The van der Waals surface area contributed by atoms with Gasteiger partial charge in [0.05, 0.1) is 5.51 Å². The Morgan fingerprint density at radius 3 is 3.05 bits per heavy atom. The molecule has 0 radical (unpaired) electrons. The van der Waals surface area contributed by atoms with Crippen molar-refractivity contribution in [1.29, 1.82) is 0 Å². The number of hydrogen-bond acceptors (Lipinski definition) is 5. The van der Waals surface area contributed by atoms with Crippen LogP contribution in [0.2, 0.25) is 0 Å². The van der Waals surface area contributed by atoms with Gasteiger partial charge < -0.3 is 10.1 Å². The molecule has 2 rings (SSSR count). The number of rotatable bonds is 3. The summed E-state index contributed by atoms with van der Waals surface area (Å²) in [4.78, 5) is 19.5. The van der Waals surface area contributed by atoms with Crippen molar-refractivity contribution < 1.29 is 9.53 Å². The predicted octanol–water partition coefficient (Wildman–Crippen LogP) is 2.63. The number of nitrogens with one attached hydrogen (secondary N) is 1. The van der Waals surface area contributed by atoms with Gasteiger partial charge in [-0.1, -0.05) is 0 Å². The largest absolute Gasteiger partial charge is 0.444 e. The van der Waals surface area contributed by atoms with E-state index in [1.165, 1.54) is 4.88 Å². The molecule has 0 spiro atoms. The maximum absolute atomic E-state index is 11.8. The average molecular weight is 297 g/mol. The third kappa shape index (κ3) is 5.09. The number of piperidine rings is 1. The zero-order valence-corrected chi connectivity index (χ0v) is 13.2. The van der Waals surface area contributed by atoms with Crippen LogP contribution in [-0.2, 0) is 11.3 Å². The Balaban J connectivity index is 1.80. The van der Waals surface area contributed by atoms with E-state index in [4.69, 9.17) is 4.74 Å². The third-order valence-electron chi connectivity index (χ3n) is 3.09. The molecule has 2 heterocycles. The number of aromatic nitrogens is 1. The number of carbonyl (C=O) groups excluding carboxylic acids is 1. The SMILES string of the molecule is CC(C)(C)OC(=O)N[C@@H]1CCCN(Cc2cncs2)C1. The van der Waals surface area contributed by atoms with Crippen LogP contribution in [0, 0.1) is 0 Å². The molecular weight excluding hydrogens is 274 g/mol. The number of carbonyl (C=O) groups is 1. The summed E-state index contributed by atoms with van der Waals surface area (Å²) in [5.74, 6) is 0. The molecule has 6 heteroatoms. The lowest BCUT2D eigenvalue weighted by atomic mass is 10.1. The van der Waals surface area contributed by atoms with Crippen molar-refractivity contribution in [3.63, 3.8) is 0 Å². The molecule has 0 aliphatic carbocycles. The number of thiazole rings is 1. The highest BCUT2D eigenvalue weighted by Gasteiger charge is 2.24. The van der Waals surface area contributed by atoms with Gasteiger partial charge in [-0.15, -0.1) is 11.3 Å². The van der Waals surface area contributed by atoms with E-state index >= 15 is 0 Å². The minimum absolute atomic E-state index is 0.173. The van der Waals surface area contributed by atoms with E-state index in [2.05, 4.69) is 15.2 Å². The van der Waals surface area contributed by atoms with Crippen LogP contribution >= 0.6 is 11.3 Å². The monoisotopic (exact) mass is 297 g/mol. The molecule has 1 saturated heterocycles. The maximum Gasteiger partial charge on any atom is 0.407 e. The summed E-state index contributed by atoms with van der Waals surface area (Å²) in [5.41, 5.74) is 1.41. The predicted molar refractivity (Wildman–Crippen MR) is 79.8 cm³/mol. The standard InChI is InChI=1S/C14H23N3O2S/c1-14(2,3)19-13(18)16-11-5-4-6-17(8-11)9-12-7-15-10-20-12/h7,10-11H,4-6,8-9H2,1-3H3,(H,16,18)/t11-/m1/s1. The summed E-state index contributed by atoms with van der Waals surface area (Å²) in [6, 6.07) is 0.173. The lowest BCUT2D eigenvalue weighted by Gasteiger charge is -2.33. The molecular formula is C14H23N3O2S. The Kier molecular flexibility index (Phi) is 4.99.